The molecule has 1 N–H and O–H groups in total. The molecule has 1 fully saturated rings. The minimum Gasteiger partial charge on any atom is -0.495 e. The van der Waals surface area contributed by atoms with Crippen molar-refractivity contribution >= 4 is 17.6 Å². The normalized spacial score (nSPS) is 13.8. The summed E-state index contributed by atoms with van der Waals surface area (Å²) in [7, 11) is 1.71. The average Bonchev–Trinajstić information content (AvgIpc) is 2.93. The second kappa shape index (κ2) is 12.7. The Labute approximate surface area is 212 Å². The van der Waals surface area contributed by atoms with Crippen molar-refractivity contribution in [1.29, 1.82) is 0 Å². The molecule has 0 saturated carbocycles. The second-order valence-corrected chi connectivity index (χ2v) is 8.74. The Morgan fingerprint density at radius 2 is 1.47 bits per heavy atom. The third-order valence-electron chi connectivity index (χ3n) is 6.33. The highest BCUT2D eigenvalue weighted by molar-refractivity contribution is 6.09. The lowest BCUT2D eigenvalue weighted by Crippen LogP contribution is -2.46. The van der Waals surface area contributed by atoms with Crippen LogP contribution in [0.15, 0.2) is 78.9 Å². The molecule has 7 nitrogen and oxygen atoms in total. The molecular weight excluding hydrogens is 454 g/mol. The van der Waals surface area contributed by atoms with Gasteiger partial charge in [-0.25, -0.2) is 4.79 Å². The van der Waals surface area contributed by atoms with Crippen molar-refractivity contribution in [2.24, 2.45) is 0 Å². The zero-order valence-corrected chi connectivity index (χ0v) is 20.7. The fraction of sp³-hybridized carbons (Fsp3) is 0.310. The van der Waals surface area contributed by atoms with Crippen LogP contribution < -0.4 is 19.7 Å². The quantitative estimate of drug-likeness (QED) is 0.333. The van der Waals surface area contributed by atoms with Gasteiger partial charge in [0.15, 0.2) is 5.78 Å². The standard InChI is InChI=1S/C29H33N3O4/c1-35-27-12-6-5-11-26(27)32-21-19-31(20-22-32)18-8-7-17-30-29(34)36-25-15-13-24(14-16-25)28(33)23-9-3-2-4-10-23/h2-6,9-16H,7-8,17-22H2,1H3,(H,30,34). The van der Waals surface area contributed by atoms with Crippen LogP contribution in [-0.4, -0.2) is 63.2 Å². The summed E-state index contributed by atoms with van der Waals surface area (Å²) in [4.78, 5) is 29.4. The molecule has 1 amide bonds. The summed E-state index contributed by atoms with van der Waals surface area (Å²) in [6, 6.07) is 23.9. The number of carbonyl (C=O) groups is 2. The molecule has 3 aromatic carbocycles. The maximum atomic E-state index is 12.5. The van der Waals surface area contributed by atoms with Crippen molar-refractivity contribution in [2.75, 3.05) is 51.3 Å². The molecule has 3 aromatic rings. The molecule has 0 bridgehead atoms. The van der Waals surface area contributed by atoms with Gasteiger partial charge in [-0.05, 0) is 55.8 Å². The van der Waals surface area contributed by atoms with Gasteiger partial charge < -0.3 is 19.7 Å². The number of carbonyl (C=O) groups excluding carboxylic acids is 2. The summed E-state index contributed by atoms with van der Waals surface area (Å²) in [6.45, 7) is 5.53. The fourth-order valence-electron chi connectivity index (χ4n) is 4.33. The number of para-hydroxylation sites is 2. The maximum Gasteiger partial charge on any atom is 0.412 e. The van der Waals surface area contributed by atoms with Gasteiger partial charge in [-0.1, -0.05) is 42.5 Å². The predicted octanol–water partition coefficient (Wildman–Crippen LogP) is 4.62. The van der Waals surface area contributed by atoms with Crippen LogP contribution in [-0.2, 0) is 0 Å². The molecule has 1 aliphatic heterocycles. The minimum absolute atomic E-state index is 0.0622. The average molecular weight is 488 g/mol. The van der Waals surface area contributed by atoms with E-state index < -0.39 is 6.09 Å². The number of unbranched alkanes of at least 4 members (excludes halogenated alkanes) is 1. The lowest BCUT2D eigenvalue weighted by atomic mass is 10.0. The van der Waals surface area contributed by atoms with E-state index in [1.54, 1.807) is 43.5 Å². The molecule has 1 saturated heterocycles. The Bertz CT molecular complexity index is 1130. The largest absolute Gasteiger partial charge is 0.495 e. The Hall–Kier alpha value is -3.84. The van der Waals surface area contributed by atoms with E-state index in [9.17, 15) is 9.59 Å². The Kier molecular flexibility index (Phi) is 8.94. The highest BCUT2D eigenvalue weighted by Crippen LogP contribution is 2.28. The summed E-state index contributed by atoms with van der Waals surface area (Å²) in [6.07, 6.45) is 1.40. The number of amides is 1. The number of benzene rings is 3. The van der Waals surface area contributed by atoms with Gasteiger partial charge in [-0.3, -0.25) is 9.69 Å². The summed E-state index contributed by atoms with van der Waals surface area (Å²) in [5, 5.41) is 2.80. The smallest absolute Gasteiger partial charge is 0.412 e. The van der Waals surface area contributed by atoms with Crippen molar-refractivity contribution in [3.8, 4) is 11.5 Å². The monoisotopic (exact) mass is 487 g/mol. The molecule has 0 spiro atoms. The lowest BCUT2D eigenvalue weighted by Gasteiger charge is -2.36. The molecule has 0 atom stereocenters. The highest BCUT2D eigenvalue weighted by atomic mass is 16.6. The van der Waals surface area contributed by atoms with Gasteiger partial charge in [0.05, 0.1) is 12.8 Å². The first kappa shape index (κ1) is 25.3. The van der Waals surface area contributed by atoms with Crippen LogP contribution in [0.1, 0.15) is 28.8 Å². The van der Waals surface area contributed by atoms with Crippen molar-refractivity contribution < 1.29 is 19.1 Å². The summed E-state index contributed by atoms with van der Waals surface area (Å²) < 4.78 is 10.8. The topological polar surface area (TPSA) is 71.1 Å². The van der Waals surface area contributed by atoms with Gasteiger partial charge in [-0.2, -0.15) is 0 Å². The van der Waals surface area contributed by atoms with Crippen molar-refractivity contribution in [2.45, 2.75) is 12.8 Å². The number of hydrogen-bond acceptors (Lipinski definition) is 6. The number of ketones is 1. The maximum absolute atomic E-state index is 12.5. The van der Waals surface area contributed by atoms with Gasteiger partial charge in [0.25, 0.3) is 0 Å². The molecule has 1 heterocycles. The van der Waals surface area contributed by atoms with Gasteiger partial charge in [0.2, 0.25) is 0 Å². The molecule has 0 aromatic heterocycles. The van der Waals surface area contributed by atoms with Gasteiger partial charge in [0.1, 0.15) is 11.5 Å². The first-order valence-electron chi connectivity index (χ1n) is 12.4. The molecule has 0 aliphatic carbocycles. The molecule has 0 radical (unpaired) electrons. The molecular formula is C29H33N3O4. The molecule has 0 unspecified atom stereocenters. The molecule has 4 rings (SSSR count). The first-order valence-corrected chi connectivity index (χ1v) is 12.4. The van der Waals surface area contributed by atoms with E-state index in [1.165, 1.54) is 0 Å². The second-order valence-electron chi connectivity index (χ2n) is 8.74. The van der Waals surface area contributed by atoms with Gasteiger partial charge in [-0.15, -0.1) is 0 Å². The Morgan fingerprint density at radius 1 is 0.806 bits per heavy atom. The Morgan fingerprint density at radius 3 is 2.19 bits per heavy atom. The number of anilines is 1. The van der Waals surface area contributed by atoms with E-state index in [0.717, 1.165) is 57.0 Å². The van der Waals surface area contributed by atoms with Crippen molar-refractivity contribution in [1.82, 2.24) is 10.2 Å². The van der Waals surface area contributed by atoms with Crippen LogP contribution in [0, 0.1) is 0 Å². The summed E-state index contributed by atoms with van der Waals surface area (Å²) in [5.74, 6) is 1.26. The van der Waals surface area contributed by atoms with Crippen molar-refractivity contribution in [3.63, 3.8) is 0 Å². The van der Waals surface area contributed by atoms with E-state index in [4.69, 9.17) is 9.47 Å². The summed E-state index contributed by atoms with van der Waals surface area (Å²) in [5.41, 5.74) is 2.33. The molecule has 36 heavy (non-hydrogen) atoms. The van der Waals surface area contributed by atoms with E-state index in [1.807, 2.05) is 36.4 Å². The molecule has 188 valence electrons. The van der Waals surface area contributed by atoms with Crippen LogP contribution in [0.4, 0.5) is 10.5 Å². The number of hydrogen-bond donors (Lipinski definition) is 1. The number of nitrogens with one attached hydrogen (secondary N) is 1. The number of piperazine rings is 1. The first-order chi connectivity index (χ1) is 17.6. The zero-order valence-electron chi connectivity index (χ0n) is 20.7. The highest BCUT2D eigenvalue weighted by Gasteiger charge is 2.19. The van der Waals surface area contributed by atoms with E-state index in [0.29, 0.717) is 23.4 Å². The third kappa shape index (κ3) is 6.86. The SMILES string of the molecule is COc1ccccc1N1CCN(CCCCNC(=O)Oc2ccc(C(=O)c3ccccc3)cc2)CC1. The fourth-order valence-corrected chi connectivity index (χ4v) is 4.33. The molecule has 7 heteroatoms. The lowest BCUT2D eigenvalue weighted by molar-refractivity contribution is 0.103. The zero-order chi connectivity index (χ0) is 25.2. The Balaban J connectivity index is 1.11. The number of nitrogens with zero attached hydrogens (tertiary/aromatic N) is 2. The van der Waals surface area contributed by atoms with Crippen LogP contribution in [0.3, 0.4) is 0 Å². The minimum atomic E-state index is -0.484. The van der Waals surface area contributed by atoms with Crippen LogP contribution in [0.25, 0.3) is 0 Å². The van der Waals surface area contributed by atoms with E-state index in [-0.39, 0.29) is 5.78 Å². The number of rotatable bonds is 10. The number of ether oxygens (including phenoxy) is 2. The van der Waals surface area contributed by atoms with Gasteiger partial charge >= 0.3 is 6.09 Å². The van der Waals surface area contributed by atoms with Crippen molar-refractivity contribution in [3.05, 3.63) is 90.0 Å². The third-order valence-corrected chi connectivity index (χ3v) is 6.33. The van der Waals surface area contributed by atoms with E-state index >= 15 is 0 Å². The molecule has 1 aliphatic rings. The van der Waals surface area contributed by atoms with Crippen LogP contribution in [0.5, 0.6) is 11.5 Å². The van der Waals surface area contributed by atoms with E-state index in [2.05, 4.69) is 21.2 Å². The van der Waals surface area contributed by atoms with Crippen LogP contribution >= 0.6 is 0 Å². The number of methoxy groups -OCH3 is 1. The van der Waals surface area contributed by atoms with Crippen LogP contribution in [0.2, 0.25) is 0 Å². The predicted molar refractivity (Wildman–Crippen MR) is 141 cm³/mol. The van der Waals surface area contributed by atoms with Gasteiger partial charge in [0, 0.05) is 43.9 Å². The summed E-state index contributed by atoms with van der Waals surface area (Å²) >= 11 is 0.